The van der Waals surface area contributed by atoms with Crippen LogP contribution in [0.15, 0.2) is 22.7 Å². The molecule has 4 nitrogen and oxygen atoms in total. The van der Waals surface area contributed by atoms with Gasteiger partial charge in [-0.1, -0.05) is 29.3 Å². The molecule has 0 heterocycles. The van der Waals surface area contributed by atoms with Crippen molar-refractivity contribution in [1.29, 1.82) is 0 Å². The molecule has 0 aliphatic heterocycles. The summed E-state index contributed by atoms with van der Waals surface area (Å²) in [6, 6.07) is 5.60. The summed E-state index contributed by atoms with van der Waals surface area (Å²) >= 11 is 3.37. The van der Waals surface area contributed by atoms with Crippen LogP contribution in [0.1, 0.15) is 31.7 Å². The van der Waals surface area contributed by atoms with E-state index in [0.717, 1.165) is 28.6 Å². The van der Waals surface area contributed by atoms with Crippen molar-refractivity contribution in [2.45, 2.75) is 33.1 Å². The average molecular weight is 341 g/mol. The van der Waals surface area contributed by atoms with Gasteiger partial charge < -0.3 is 10.2 Å². The third-order valence-corrected chi connectivity index (χ3v) is 3.54. The lowest BCUT2D eigenvalue weighted by molar-refractivity contribution is -0.133. The molecule has 1 aromatic carbocycles. The summed E-state index contributed by atoms with van der Waals surface area (Å²) in [6.07, 6.45) is 1.87. The Balaban J connectivity index is 2.53. The van der Waals surface area contributed by atoms with Gasteiger partial charge in [0.1, 0.15) is 6.42 Å². The monoisotopic (exact) mass is 340 g/mol. The molecule has 0 aromatic heterocycles. The highest BCUT2D eigenvalue weighted by atomic mass is 79.9. The zero-order valence-corrected chi connectivity index (χ0v) is 13.8. The predicted octanol–water partition coefficient (Wildman–Crippen LogP) is 3.34. The SMILES string of the molecule is CCCCN(C)C(=O)CC(=O)Nc1ccc(Br)cc1C. The van der Waals surface area contributed by atoms with E-state index in [0.29, 0.717) is 6.54 Å². The highest BCUT2D eigenvalue weighted by molar-refractivity contribution is 9.10. The molecule has 5 heteroatoms. The fourth-order valence-electron chi connectivity index (χ4n) is 1.75. The Kier molecular flexibility index (Phi) is 6.71. The number of anilines is 1. The van der Waals surface area contributed by atoms with Crippen LogP contribution < -0.4 is 5.32 Å². The van der Waals surface area contributed by atoms with Crippen LogP contribution in [0.25, 0.3) is 0 Å². The molecule has 2 amide bonds. The lowest BCUT2D eigenvalue weighted by Gasteiger charge is -2.16. The number of rotatable bonds is 6. The van der Waals surface area contributed by atoms with Crippen molar-refractivity contribution >= 4 is 33.4 Å². The first-order chi connectivity index (χ1) is 9.43. The molecular formula is C15H21BrN2O2. The number of unbranched alkanes of at least 4 members (excludes halogenated alkanes) is 1. The van der Waals surface area contributed by atoms with Crippen LogP contribution in [0.4, 0.5) is 5.69 Å². The molecule has 110 valence electrons. The van der Waals surface area contributed by atoms with E-state index in [-0.39, 0.29) is 18.2 Å². The van der Waals surface area contributed by atoms with Gasteiger partial charge in [-0.15, -0.1) is 0 Å². The summed E-state index contributed by atoms with van der Waals surface area (Å²) < 4.78 is 0.961. The van der Waals surface area contributed by atoms with Gasteiger partial charge in [0.25, 0.3) is 0 Å². The third kappa shape index (κ3) is 5.33. The Bertz CT molecular complexity index is 489. The molecule has 0 bridgehead atoms. The maximum absolute atomic E-state index is 11.9. The van der Waals surface area contributed by atoms with E-state index in [2.05, 4.69) is 28.2 Å². The zero-order chi connectivity index (χ0) is 15.1. The van der Waals surface area contributed by atoms with E-state index >= 15 is 0 Å². The lowest BCUT2D eigenvalue weighted by atomic mass is 10.2. The smallest absolute Gasteiger partial charge is 0.233 e. The number of nitrogens with one attached hydrogen (secondary N) is 1. The summed E-state index contributed by atoms with van der Waals surface area (Å²) in [7, 11) is 1.73. The molecule has 0 aliphatic carbocycles. The summed E-state index contributed by atoms with van der Waals surface area (Å²) in [5.74, 6) is -0.422. The van der Waals surface area contributed by atoms with Crippen LogP contribution in [0.3, 0.4) is 0 Å². The zero-order valence-electron chi connectivity index (χ0n) is 12.2. The van der Waals surface area contributed by atoms with E-state index in [1.54, 1.807) is 11.9 Å². The van der Waals surface area contributed by atoms with Gasteiger partial charge in [0.15, 0.2) is 0 Å². The van der Waals surface area contributed by atoms with Crippen molar-refractivity contribution in [2.75, 3.05) is 18.9 Å². The highest BCUT2D eigenvalue weighted by Crippen LogP contribution is 2.20. The van der Waals surface area contributed by atoms with Crippen molar-refractivity contribution in [3.8, 4) is 0 Å². The van der Waals surface area contributed by atoms with Crippen LogP contribution in [-0.4, -0.2) is 30.3 Å². The van der Waals surface area contributed by atoms with Crippen LogP contribution in [0.5, 0.6) is 0 Å². The first kappa shape index (κ1) is 16.7. The van der Waals surface area contributed by atoms with E-state index in [1.165, 1.54) is 0 Å². The largest absolute Gasteiger partial charge is 0.345 e. The van der Waals surface area contributed by atoms with Crippen molar-refractivity contribution in [2.24, 2.45) is 0 Å². The summed E-state index contributed by atoms with van der Waals surface area (Å²) in [5, 5.41) is 2.77. The lowest BCUT2D eigenvalue weighted by Crippen LogP contribution is -2.31. The number of amides is 2. The van der Waals surface area contributed by atoms with Gasteiger partial charge in [-0.05, 0) is 37.1 Å². The fourth-order valence-corrected chi connectivity index (χ4v) is 2.23. The molecule has 0 radical (unpaired) electrons. The molecule has 0 unspecified atom stereocenters. The first-order valence-corrected chi connectivity index (χ1v) is 7.53. The minimum Gasteiger partial charge on any atom is -0.345 e. The minimum atomic E-state index is -0.274. The predicted molar refractivity (Wildman–Crippen MR) is 84.7 cm³/mol. The Morgan fingerprint density at radius 2 is 2.05 bits per heavy atom. The second-order valence-electron chi connectivity index (χ2n) is 4.85. The van der Waals surface area contributed by atoms with E-state index in [1.807, 2.05) is 25.1 Å². The maximum Gasteiger partial charge on any atom is 0.233 e. The van der Waals surface area contributed by atoms with Gasteiger partial charge in [0.2, 0.25) is 11.8 Å². The van der Waals surface area contributed by atoms with Crippen LogP contribution in [0, 0.1) is 6.92 Å². The second kappa shape index (κ2) is 8.04. The molecule has 20 heavy (non-hydrogen) atoms. The van der Waals surface area contributed by atoms with Crippen LogP contribution >= 0.6 is 15.9 Å². The molecule has 1 aromatic rings. The Hall–Kier alpha value is -1.36. The number of aryl methyl sites for hydroxylation is 1. The van der Waals surface area contributed by atoms with Gasteiger partial charge in [-0.3, -0.25) is 9.59 Å². The quantitative estimate of drug-likeness (QED) is 0.807. The van der Waals surface area contributed by atoms with Gasteiger partial charge >= 0.3 is 0 Å². The molecule has 0 fully saturated rings. The number of benzene rings is 1. The molecule has 0 spiro atoms. The number of hydrogen-bond acceptors (Lipinski definition) is 2. The Morgan fingerprint density at radius 1 is 1.35 bits per heavy atom. The molecule has 0 saturated carbocycles. The normalized spacial score (nSPS) is 10.2. The van der Waals surface area contributed by atoms with E-state index in [4.69, 9.17) is 0 Å². The van der Waals surface area contributed by atoms with Crippen molar-refractivity contribution in [3.63, 3.8) is 0 Å². The number of carbonyl (C=O) groups excluding carboxylic acids is 2. The van der Waals surface area contributed by atoms with Crippen LogP contribution in [0.2, 0.25) is 0 Å². The number of halogens is 1. The number of nitrogens with zero attached hydrogens (tertiary/aromatic N) is 1. The average Bonchev–Trinajstić information content (AvgIpc) is 2.39. The molecule has 1 rings (SSSR count). The maximum atomic E-state index is 11.9. The van der Waals surface area contributed by atoms with Crippen molar-refractivity contribution in [1.82, 2.24) is 4.90 Å². The molecule has 1 N–H and O–H groups in total. The summed E-state index contributed by atoms with van der Waals surface area (Å²) in [4.78, 5) is 25.3. The Morgan fingerprint density at radius 3 is 2.65 bits per heavy atom. The summed E-state index contributed by atoms with van der Waals surface area (Å²) in [6.45, 7) is 4.68. The van der Waals surface area contributed by atoms with Crippen LogP contribution in [-0.2, 0) is 9.59 Å². The van der Waals surface area contributed by atoms with Crippen molar-refractivity contribution < 1.29 is 9.59 Å². The van der Waals surface area contributed by atoms with Gasteiger partial charge in [0, 0.05) is 23.8 Å². The van der Waals surface area contributed by atoms with Gasteiger partial charge in [-0.2, -0.15) is 0 Å². The fraction of sp³-hybridized carbons (Fsp3) is 0.467. The second-order valence-corrected chi connectivity index (χ2v) is 5.77. The third-order valence-electron chi connectivity index (χ3n) is 3.05. The molecular weight excluding hydrogens is 320 g/mol. The molecule has 0 aliphatic rings. The highest BCUT2D eigenvalue weighted by Gasteiger charge is 2.14. The number of carbonyl (C=O) groups is 2. The minimum absolute atomic E-state index is 0.115. The van der Waals surface area contributed by atoms with E-state index < -0.39 is 0 Å². The standard InChI is InChI=1S/C15H21BrN2O2/c1-4-5-8-18(3)15(20)10-14(19)17-13-7-6-12(16)9-11(13)2/h6-7,9H,4-5,8,10H2,1-3H3,(H,17,19). The van der Waals surface area contributed by atoms with Gasteiger partial charge in [-0.25, -0.2) is 0 Å². The number of hydrogen-bond donors (Lipinski definition) is 1. The molecule has 0 atom stereocenters. The van der Waals surface area contributed by atoms with Gasteiger partial charge in [0.05, 0.1) is 0 Å². The summed E-state index contributed by atoms with van der Waals surface area (Å²) in [5.41, 5.74) is 1.70. The Labute approximate surface area is 128 Å². The van der Waals surface area contributed by atoms with E-state index in [9.17, 15) is 9.59 Å². The van der Waals surface area contributed by atoms with Crippen molar-refractivity contribution in [3.05, 3.63) is 28.2 Å². The topological polar surface area (TPSA) is 49.4 Å². The molecule has 0 saturated heterocycles. The first-order valence-electron chi connectivity index (χ1n) is 6.74.